The first-order valence-corrected chi connectivity index (χ1v) is 7.95. The minimum atomic E-state index is -0.210. The Bertz CT molecular complexity index is 515. The van der Waals surface area contributed by atoms with Crippen molar-refractivity contribution in [1.82, 2.24) is 14.7 Å². The lowest BCUT2D eigenvalue weighted by Gasteiger charge is -2.49. The summed E-state index contributed by atoms with van der Waals surface area (Å²) in [6.07, 6.45) is 8.38. The second-order valence-electron chi connectivity index (χ2n) is 6.87. The average Bonchev–Trinajstić information content (AvgIpc) is 3.04. The molecule has 1 aliphatic carbocycles. The second kappa shape index (κ2) is 5.44. The van der Waals surface area contributed by atoms with Gasteiger partial charge < -0.3 is 10.0 Å². The van der Waals surface area contributed by atoms with Crippen molar-refractivity contribution in [2.45, 2.75) is 38.5 Å². The zero-order valence-corrected chi connectivity index (χ0v) is 13.0. The van der Waals surface area contributed by atoms with Gasteiger partial charge >= 0.3 is 0 Å². The van der Waals surface area contributed by atoms with Crippen molar-refractivity contribution in [2.75, 3.05) is 19.7 Å². The van der Waals surface area contributed by atoms with Gasteiger partial charge in [-0.15, -0.1) is 0 Å². The maximum absolute atomic E-state index is 12.2. The number of carbonyl (C=O) groups is 1. The number of amides is 1. The maximum Gasteiger partial charge on any atom is 0.228 e. The van der Waals surface area contributed by atoms with E-state index in [-0.39, 0.29) is 18.4 Å². The van der Waals surface area contributed by atoms with Crippen LogP contribution in [0.3, 0.4) is 0 Å². The van der Waals surface area contributed by atoms with E-state index < -0.39 is 0 Å². The Labute approximate surface area is 125 Å². The predicted octanol–water partition coefficient (Wildman–Crippen LogP) is 1.53. The van der Waals surface area contributed by atoms with E-state index in [0.29, 0.717) is 11.3 Å². The molecule has 1 amide bonds. The van der Waals surface area contributed by atoms with Crippen molar-refractivity contribution in [2.24, 2.45) is 18.4 Å². The molecule has 1 aromatic heterocycles. The molecule has 0 radical (unpaired) electrons. The number of aromatic nitrogens is 2. The van der Waals surface area contributed by atoms with E-state index in [0.717, 1.165) is 19.5 Å². The molecule has 1 aliphatic heterocycles. The molecule has 0 aromatic carbocycles. The SMILES string of the molecule is CC[C@H](CO)C(=O)N1CC2(CCC(c3cnn(C)c3)C2)C1. The van der Waals surface area contributed by atoms with Crippen molar-refractivity contribution in [3.63, 3.8) is 0 Å². The number of aryl methyl sites for hydroxylation is 1. The summed E-state index contributed by atoms with van der Waals surface area (Å²) in [5.74, 6) is 0.518. The van der Waals surface area contributed by atoms with Gasteiger partial charge in [0.05, 0.1) is 18.7 Å². The normalized spacial score (nSPS) is 25.1. The third-order valence-electron chi connectivity index (χ3n) is 5.33. The van der Waals surface area contributed by atoms with E-state index in [4.69, 9.17) is 0 Å². The molecule has 2 heterocycles. The lowest BCUT2D eigenvalue weighted by Crippen LogP contribution is -2.58. The summed E-state index contributed by atoms with van der Waals surface area (Å²) in [5.41, 5.74) is 1.66. The first-order chi connectivity index (χ1) is 10.1. The van der Waals surface area contributed by atoms with Crippen LogP contribution in [0.4, 0.5) is 0 Å². The molecular weight excluding hydrogens is 266 g/mol. The molecule has 2 atom stereocenters. The monoisotopic (exact) mass is 291 g/mol. The van der Waals surface area contributed by atoms with Crippen LogP contribution in [-0.2, 0) is 11.8 Å². The van der Waals surface area contributed by atoms with E-state index in [1.165, 1.54) is 24.8 Å². The van der Waals surface area contributed by atoms with Crippen LogP contribution in [0.5, 0.6) is 0 Å². The minimum absolute atomic E-state index is 0.0306. The lowest BCUT2D eigenvalue weighted by molar-refractivity contribution is -0.149. The zero-order chi connectivity index (χ0) is 15.0. The van der Waals surface area contributed by atoms with Gasteiger partial charge in [0.2, 0.25) is 5.91 Å². The van der Waals surface area contributed by atoms with Crippen molar-refractivity contribution in [3.8, 4) is 0 Å². The Balaban J connectivity index is 1.57. The summed E-state index contributed by atoms with van der Waals surface area (Å²) >= 11 is 0. The fraction of sp³-hybridized carbons (Fsp3) is 0.750. The fourth-order valence-electron chi connectivity index (χ4n) is 3.99. The average molecular weight is 291 g/mol. The van der Waals surface area contributed by atoms with Gasteiger partial charge in [0.1, 0.15) is 0 Å². The van der Waals surface area contributed by atoms with E-state index >= 15 is 0 Å². The Morgan fingerprint density at radius 2 is 2.33 bits per heavy atom. The summed E-state index contributed by atoms with van der Waals surface area (Å²) < 4.78 is 1.87. The number of nitrogens with zero attached hydrogens (tertiary/aromatic N) is 3. The molecule has 3 rings (SSSR count). The zero-order valence-electron chi connectivity index (χ0n) is 13.0. The van der Waals surface area contributed by atoms with Gasteiger partial charge in [-0.05, 0) is 37.2 Å². The van der Waals surface area contributed by atoms with Crippen LogP contribution in [0.15, 0.2) is 12.4 Å². The van der Waals surface area contributed by atoms with E-state index in [1.54, 1.807) is 0 Å². The molecule has 5 nitrogen and oxygen atoms in total. The molecular formula is C16H25N3O2. The number of carbonyl (C=O) groups excluding carboxylic acids is 1. The molecule has 1 saturated carbocycles. The highest BCUT2D eigenvalue weighted by Crippen LogP contribution is 2.51. The number of hydrogen-bond acceptors (Lipinski definition) is 3. The molecule has 1 unspecified atom stereocenters. The van der Waals surface area contributed by atoms with Crippen LogP contribution in [0, 0.1) is 11.3 Å². The number of aliphatic hydroxyl groups excluding tert-OH is 1. The van der Waals surface area contributed by atoms with Crippen LogP contribution in [0.25, 0.3) is 0 Å². The molecule has 2 fully saturated rings. The minimum Gasteiger partial charge on any atom is -0.396 e. The second-order valence-corrected chi connectivity index (χ2v) is 6.87. The Kier molecular flexibility index (Phi) is 3.78. The largest absolute Gasteiger partial charge is 0.396 e. The highest BCUT2D eigenvalue weighted by Gasteiger charge is 2.50. The van der Waals surface area contributed by atoms with Crippen LogP contribution in [0.1, 0.15) is 44.1 Å². The topological polar surface area (TPSA) is 58.4 Å². The highest BCUT2D eigenvalue weighted by molar-refractivity contribution is 5.80. The molecule has 1 spiro atoms. The smallest absolute Gasteiger partial charge is 0.228 e. The van der Waals surface area contributed by atoms with Gasteiger partial charge in [-0.3, -0.25) is 9.48 Å². The van der Waals surface area contributed by atoms with Gasteiger partial charge in [0, 0.05) is 31.7 Å². The van der Waals surface area contributed by atoms with Crippen LogP contribution in [-0.4, -0.2) is 45.4 Å². The molecule has 1 N–H and O–H groups in total. The van der Waals surface area contributed by atoms with Gasteiger partial charge in [0.15, 0.2) is 0 Å². The Morgan fingerprint density at radius 1 is 1.57 bits per heavy atom. The summed E-state index contributed by atoms with van der Waals surface area (Å²) in [4.78, 5) is 14.2. The first-order valence-electron chi connectivity index (χ1n) is 7.95. The predicted molar refractivity (Wildman–Crippen MR) is 79.7 cm³/mol. The molecule has 116 valence electrons. The van der Waals surface area contributed by atoms with Gasteiger partial charge in [-0.25, -0.2) is 0 Å². The Hall–Kier alpha value is -1.36. The molecule has 0 bridgehead atoms. The number of aliphatic hydroxyl groups is 1. The number of likely N-dealkylation sites (tertiary alicyclic amines) is 1. The van der Waals surface area contributed by atoms with Crippen molar-refractivity contribution >= 4 is 5.91 Å². The molecule has 1 aromatic rings. The quantitative estimate of drug-likeness (QED) is 0.915. The molecule has 5 heteroatoms. The molecule has 2 aliphatic rings. The van der Waals surface area contributed by atoms with Crippen molar-refractivity contribution in [3.05, 3.63) is 18.0 Å². The molecule has 21 heavy (non-hydrogen) atoms. The maximum atomic E-state index is 12.2. The van der Waals surface area contributed by atoms with Crippen LogP contribution in [0.2, 0.25) is 0 Å². The van der Waals surface area contributed by atoms with Crippen LogP contribution >= 0.6 is 0 Å². The van der Waals surface area contributed by atoms with E-state index in [1.807, 2.05) is 29.7 Å². The summed E-state index contributed by atoms with van der Waals surface area (Å²) in [5, 5.41) is 13.5. The third-order valence-corrected chi connectivity index (χ3v) is 5.33. The van der Waals surface area contributed by atoms with Crippen molar-refractivity contribution < 1.29 is 9.90 Å². The van der Waals surface area contributed by atoms with Gasteiger partial charge in [-0.1, -0.05) is 6.92 Å². The first kappa shape index (κ1) is 14.6. The van der Waals surface area contributed by atoms with E-state index in [2.05, 4.69) is 11.3 Å². The number of rotatable bonds is 4. The molecule has 1 saturated heterocycles. The van der Waals surface area contributed by atoms with Gasteiger partial charge in [0.25, 0.3) is 0 Å². The third kappa shape index (κ3) is 2.59. The lowest BCUT2D eigenvalue weighted by atomic mass is 9.76. The van der Waals surface area contributed by atoms with Crippen LogP contribution < -0.4 is 0 Å². The number of hydrogen-bond donors (Lipinski definition) is 1. The van der Waals surface area contributed by atoms with Crippen molar-refractivity contribution in [1.29, 1.82) is 0 Å². The van der Waals surface area contributed by atoms with E-state index in [9.17, 15) is 9.90 Å². The summed E-state index contributed by atoms with van der Waals surface area (Å²) in [7, 11) is 1.96. The summed E-state index contributed by atoms with van der Waals surface area (Å²) in [6.45, 7) is 3.68. The highest BCUT2D eigenvalue weighted by atomic mass is 16.3. The summed E-state index contributed by atoms with van der Waals surface area (Å²) in [6, 6.07) is 0. The Morgan fingerprint density at radius 3 is 2.90 bits per heavy atom. The standard InChI is InChI=1S/C16H25N3O2/c1-3-12(9-20)15(21)19-10-16(11-19)5-4-13(6-16)14-7-17-18(2)8-14/h7-8,12-13,20H,3-6,9-11H2,1-2H3/t12-,13?/m1/s1. The fourth-order valence-corrected chi connectivity index (χ4v) is 3.99. The van der Waals surface area contributed by atoms with Gasteiger partial charge in [-0.2, -0.15) is 5.10 Å².